The molecule has 4 rings (SSSR count). The highest BCUT2D eigenvalue weighted by molar-refractivity contribution is 14.0. The molecule has 6 nitrogen and oxygen atoms in total. The fourth-order valence-electron chi connectivity index (χ4n) is 5.13. The van der Waals surface area contributed by atoms with Gasteiger partial charge in [0, 0.05) is 48.8 Å². The van der Waals surface area contributed by atoms with E-state index >= 15 is 0 Å². The Hall–Kier alpha value is -0.830. The summed E-state index contributed by atoms with van der Waals surface area (Å²) in [5.41, 5.74) is 3.87. The Morgan fingerprint density at radius 1 is 1.38 bits per heavy atom. The van der Waals surface area contributed by atoms with E-state index in [0.717, 1.165) is 24.8 Å². The van der Waals surface area contributed by atoms with E-state index in [1.54, 1.807) is 0 Å². The van der Waals surface area contributed by atoms with Crippen LogP contribution in [0.2, 0.25) is 0 Å². The second-order valence-corrected chi connectivity index (χ2v) is 7.92. The predicted molar refractivity (Wildman–Crippen MR) is 114 cm³/mol. The van der Waals surface area contributed by atoms with Crippen molar-refractivity contribution in [2.24, 2.45) is 23.4 Å². The van der Waals surface area contributed by atoms with Crippen molar-refractivity contribution in [3.8, 4) is 0 Å². The van der Waals surface area contributed by atoms with E-state index in [1.807, 2.05) is 11.7 Å². The number of hydrogen-bond donors (Lipinski definition) is 2. The van der Waals surface area contributed by atoms with E-state index in [4.69, 9.17) is 9.73 Å². The van der Waals surface area contributed by atoms with Crippen molar-refractivity contribution in [2.75, 3.05) is 13.2 Å². The van der Waals surface area contributed by atoms with E-state index in [2.05, 4.69) is 36.5 Å². The van der Waals surface area contributed by atoms with Gasteiger partial charge in [-0.2, -0.15) is 5.10 Å². The maximum absolute atomic E-state index is 6.03. The topological polar surface area (TPSA) is 63.5 Å². The fraction of sp³-hybridized carbons (Fsp3) is 0.789. The number of nitrogens with zero attached hydrogens (tertiary/aromatic N) is 3. The Labute approximate surface area is 173 Å². The Morgan fingerprint density at radius 2 is 2.15 bits per heavy atom. The number of guanidine groups is 1. The molecule has 2 saturated carbocycles. The molecule has 3 fully saturated rings. The van der Waals surface area contributed by atoms with Crippen LogP contribution >= 0.6 is 24.0 Å². The number of aromatic nitrogens is 2. The highest BCUT2D eigenvalue weighted by atomic mass is 127. The fourth-order valence-corrected chi connectivity index (χ4v) is 5.13. The van der Waals surface area contributed by atoms with E-state index < -0.39 is 0 Å². The molecule has 1 aliphatic heterocycles. The molecule has 0 amide bonds. The highest BCUT2D eigenvalue weighted by Crippen LogP contribution is 2.62. The first-order valence-electron chi connectivity index (χ1n) is 9.72. The zero-order chi connectivity index (χ0) is 17.6. The van der Waals surface area contributed by atoms with Crippen LogP contribution in [0.1, 0.15) is 49.6 Å². The van der Waals surface area contributed by atoms with Crippen LogP contribution in [-0.2, 0) is 18.3 Å². The molecule has 1 aromatic rings. The molecular formula is C19H32IN5O. The van der Waals surface area contributed by atoms with Gasteiger partial charge in [0.05, 0.1) is 18.3 Å². The van der Waals surface area contributed by atoms with E-state index in [9.17, 15) is 0 Å². The molecule has 2 aliphatic carbocycles. The second-order valence-electron chi connectivity index (χ2n) is 7.92. The monoisotopic (exact) mass is 473 g/mol. The van der Waals surface area contributed by atoms with Crippen molar-refractivity contribution in [3.63, 3.8) is 0 Å². The number of hydrogen-bond acceptors (Lipinski definition) is 3. The first kappa shape index (κ1) is 19.9. The number of ether oxygens (including phenoxy) is 1. The number of rotatable bonds is 4. The van der Waals surface area contributed by atoms with Crippen LogP contribution in [-0.4, -0.2) is 41.0 Å². The van der Waals surface area contributed by atoms with Crippen LogP contribution in [0.15, 0.2) is 4.99 Å². The van der Waals surface area contributed by atoms with Crippen LogP contribution in [0.3, 0.4) is 0 Å². The minimum atomic E-state index is 0. The van der Waals surface area contributed by atoms with Crippen molar-refractivity contribution >= 4 is 29.9 Å². The predicted octanol–water partition coefficient (Wildman–Crippen LogP) is 2.67. The summed E-state index contributed by atoms with van der Waals surface area (Å²) in [6, 6.07) is 0.516. The van der Waals surface area contributed by atoms with Gasteiger partial charge in [-0.3, -0.25) is 4.68 Å². The minimum absolute atomic E-state index is 0. The molecule has 146 valence electrons. The molecule has 0 bridgehead atoms. The summed E-state index contributed by atoms with van der Waals surface area (Å²) in [6.07, 6.45) is 5.61. The van der Waals surface area contributed by atoms with Gasteiger partial charge in [-0.15, -0.1) is 24.0 Å². The number of aliphatic imine (C=N–C) groups is 1. The van der Waals surface area contributed by atoms with E-state index in [1.165, 1.54) is 36.9 Å². The highest BCUT2D eigenvalue weighted by Gasteiger charge is 2.66. The van der Waals surface area contributed by atoms with Crippen LogP contribution in [0, 0.1) is 25.2 Å². The quantitative estimate of drug-likeness (QED) is 0.401. The van der Waals surface area contributed by atoms with Gasteiger partial charge in [0.1, 0.15) is 0 Å². The maximum Gasteiger partial charge on any atom is 0.191 e. The van der Waals surface area contributed by atoms with Crippen LogP contribution in [0.4, 0.5) is 0 Å². The van der Waals surface area contributed by atoms with Gasteiger partial charge < -0.3 is 15.4 Å². The van der Waals surface area contributed by atoms with Crippen LogP contribution in [0.25, 0.3) is 0 Å². The van der Waals surface area contributed by atoms with E-state index in [-0.39, 0.29) is 24.0 Å². The van der Waals surface area contributed by atoms with Gasteiger partial charge in [-0.25, -0.2) is 4.99 Å². The Morgan fingerprint density at radius 3 is 2.73 bits per heavy atom. The normalized spacial score (nSPS) is 28.8. The third kappa shape index (κ3) is 3.04. The summed E-state index contributed by atoms with van der Waals surface area (Å²) >= 11 is 0. The van der Waals surface area contributed by atoms with Crippen molar-refractivity contribution in [3.05, 3.63) is 17.0 Å². The van der Waals surface area contributed by atoms with Gasteiger partial charge in [-0.05, 0) is 40.0 Å². The molecule has 26 heavy (non-hydrogen) atoms. The largest absolute Gasteiger partial charge is 0.377 e. The first-order valence-corrected chi connectivity index (χ1v) is 9.72. The summed E-state index contributed by atoms with van der Waals surface area (Å²) in [6.45, 7) is 8.78. The molecule has 0 radical (unpaired) electrons. The zero-order valence-electron chi connectivity index (χ0n) is 16.3. The molecule has 1 spiro atoms. The van der Waals surface area contributed by atoms with E-state index in [0.29, 0.717) is 30.0 Å². The molecule has 1 aromatic heterocycles. The summed E-state index contributed by atoms with van der Waals surface area (Å²) in [5, 5.41) is 11.7. The van der Waals surface area contributed by atoms with Gasteiger partial charge in [0.15, 0.2) is 5.96 Å². The molecule has 3 unspecified atom stereocenters. The molecule has 7 heteroatoms. The third-order valence-electron chi connectivity index (χ3n) is 6.73. The Kier molecular flexibility index (Phi) is 5.86. The summed E-state index contributed by atoms with van der Waals surface area (Å²) in [4.78, 5) is 4.88. The zero-order valence-corrected chi connectivity index (χ0v) is 18.7. The number of aryl methyl sites for hydroxylation is 2. The number of nitrogens with one attached hydrogen (secondary N) is 2. The molecule has 3 aliphatic rings. The summed E-state index contributed by atoms with van der Waals surface area (Å²) in [5.74, 6) is 1.60. The van der Waals surface area contributed by atoms with Gasteiger partial charge in [0.2, 0.25) is 0 Å². The second kappa shape index (κ2) is 7.66. The molecular weight excluding hydrogens is 441 g/mol. The van der Waals surface area contributed by atoms with Gasteiger partial charge in [-0.1, -0.05) is 6.42 Å². The lowest BCUT2D eigenvalue weighted by molar-refractivity contribution is -0.171. The van der Waals surface area contributed by atoms with Crippen molar-refractivity contribution in [2.45, 2.75) is 65.1 Å². The summed E-state index contributed by atoms with van der Waals surface area (Å²) in [7, 11) is 1.99. The smallest absolute Gasteiger partial charge is 0.191 e. The molecule has 3 atom stereocenters. The molecule has 1 saturated heterocycles. The maximum atomic E-state index is 6.03. The summed E-state index contributed by atoms with van der Waals surface area (Å²) < 4.78 is 7.97. The lowest BCUT2D eigenvalue weighted by Crippen LogP contribution is -2.72. The molecule has 2 heterocycles. The SMILES string of the molecule is CCNC(=NCc1c(C)nn(C)c1C)NC1C2CCOC2C12CCC2.I. The van der Waals surface area contributed by atoms with Crippen LogP contribution < -0.4 is 10.6 Å². The average molecular weight is 473 g/mol. The third-order valence-corrected chi connectivity index (χ3v) is 6.73. The lowest BCUT2D eigenvalue weighted by atomic mass is 9.46. The average Bonchev–Trinajstić information content (AvgIpc) is 3.05. The molecule has 2 N–H and O–H groups in total. The minimum Gasteiger partial charge on any atom is -0.377 e. The standard InChI is InChI=1S/C19H31N5O.HI/c1-5-20-18(21-11-15-12(2)23-24(4)13(15)3)22-16-14-7-10-25-17(14)19(16)8-6-9-19;/h14,16-17H,5-11H2,1-4H3,(H2,20,21,22);1H. The number of fused-ring (bicyclic) bond motifs is 2. The van der Waals surface area contributed by atoms with Gasteiger partial charge >= 0.3 is 0 Å². The van der Waals surface area contributed by atoms with Crippen molar-refractivity contribution in [1.29, 1.82) is 0 Å². The molecule has 0 aromatic carbocycles. The Bertz CT molecular complexity index is 682. The lowest BCUT2D eigenvalue weighted by Gasteiger charge is -2.63. The first-order chi connectivity index (χ1) is 12.1. The van der Waals surface area contributed by atoms with Crippen molar-refractivity contribution < 1.29 is 4.74 Å². The number of halogens is 1. The Balaban J connectivity index is 0.00000196. The van der Waals surface area contributed by atoms with Gasteiger partial charge in [0.25, 0.3) is 0 Å². The van der Waals surface area contributed by atoms with Crippen molar-refractivity contribution in [1.82, 2.24) is 20.4 Å². The van der Waals surface area contributed by atoms with Crippen LogP contribution in [0.5, 0.6) is 0 Å².